The number of aryl methyl sites for hydroxylation is 1. The van der Waals surface area contributed by atoms with Crippen LogP contribution in [0.3, 0.4) is 0 Å². The third kappa shape index (κ3) is 2.08. The fourth-order valence-corrected chi connectivity index (χ4v) is 2.39. The number of nitrogens with zero attached hydrogens (tertiary/aromatic N) is 2. The van der Waals surface area contributed by atoms with Gasteiger partial charge in [-0.05, 0) is 37.5 Å². The highest BCUT2D eigenvalue weighted by Crippen LogP contribution is 2.23. The van der Waals surface area contributed by atoms with Gasteiger partial charge in [-0.25, -0.2) is 4.68 Å². The Kier molecular flexibility index (Phi) is 3.32. The zero-order valence-corrected chi connectivity index (χ0v) is 11.3. The molecule has 1 heterocycles. The highest BCUT2D eigenvalue weighted by Gasteiger charge is 2.19. The maximum atomic E-state index is 12.4. The van der Waals surface area contributed by atoms with Crippen molar-refractivity contribution in [2.45, 2.75) is 33.6 Å². The number of rotatable bonds is 2. The fraction of sp³-hybridized carbons (Fsp3) is 0.333. The van der Waals surface area contributed by atoms with Crippen LogP contribution in [0.25, 0.3) is 0 Å². The number of aromatic nitrogens is 2. The zero-order chi connectivity index (χ0) is 13.3. The average molecular weight is 242 g/mol. The lowest BCUT2D eigenvalue weighted by Crippen LogP contribution is -2.15. The lowest BCUT2D eigenvalue weighted by molar-refractivity contribution is 0.0942. The molecule has 94 valence electrons. The molecule has 0 aliphatic carbocycles. The molecule has 0 spiro atoms. The Morgan fingerprint density at radius 2 is 1.78 bits per heavy atom. The van der Waals surface area contributed by atoms with Gasteiger partial charge in [0.25, 0.3) is 5.91 Å². The molecule has 0 bridgehead atoms. The molecule has 0 saturated carbocycles. The van der Waals surface area contributed by atoms with Crippen LogP contribution >= 0.6 is 0 Å². The first-order valence-corrected chi connectivity index (χ1v) is 6.18. The molecule has 18 heavy (non-hydrogen) atoms. The first-order chi connectivity index (χ1) is 8.52. The Bertz CT molecular complexity index is 568. The first-order valence-electron chi connectivity index (χ1n) is 6.18. The first kappa shape index (κ1) is 12.6. The van der Waals surface area contributed by atoms with E-state index in [9.17, 15) is 4.79 Å². The summed E-state index contributed by atoms with van der Waals surface area (Å²) < 4.78 is 1.51. The molecule has 3 heteroatoms. The molecule has 1 aromatic carbocycles. The third-order valence-electron chi connectivity index (χ3n) is 3.14. The summed E-state index contributed by atoms with van der Waals surface area (Å²) in [6.45, 7) is 8.15. The molecular weight excluding hydrogens is 224 g/mol. The van der Waals surface area contributed by atoms with Crippen molar-refractivity contribution in [2.75, 3.05) is 0 Å². The van der Waals surface area contributed by atoms with E-state index in [0.29, 0.717) is 11.5 Å². The number of benzene rings is 1. The van der Waals surface area contributed by atoms with Gasteiger partial charge in [0.15, 0.2) is 0 Å². The van der Waals surface area contributed by atoms with Crippen molar-refractivity contribution in [1.82, 2.24) is 9.78 Å². The van der Waals surface area contributed by atoms with E-state index in [1.54, 1.807) is 0 Å². The molecule has 1 aromatic heterocycles. The van der Waals surface area contributed by atoms with Crippen LogP contribution in [0.5, 0.6) is 0 Å². The SMILES string of the molecule is Cc1nn(C(=O)c2ccccc2)c(C)c1C(C)C. The van der Waals surface area contributed by atoms with Gasteiger partial charge in [-0.15, -0.1) is 0 Å². The van der Waals surface area contributed by atoms with E-state index in [4.69, 9.17) is 0 Å². The van der Waals surface area contributed by atoms with Crippen LogP contribution in [-0.4, -0.2) is 15.7 Å². The van der Waals surface area contributed by atoms with Crippen LogP contribution in [-0.2, 0) is 0 Å². The minimum Gasteiger partial charge on any atom is -0.267 e. The van der Waals surface area contributed by atoms with Crippen LogP contribution in [0, 0.1) is 13.8 Å². The van der Waals surface area contributed by atoms with Crippen molar-refractivity contribution in [1.29, 1.82) is 0 Å². The number of hydrogen-bond donors (Lipinski definition) is 0. The van der Waals surface area contributed by atoms with E-state index >= 15 is 0 Å². The van der Waals surface area contributed by atoms with Crippen molar-refractivity contribution in [3.8, 4) is 0 Å². The fourth-order valence-electron chi connectivity index (χ4n) is 2.39. The van der Waals surface area contributed by atoms with Crippen LogP contribution < -0.4 is 0 Å². The number of hydrogen-bond acceptors (Lipinski definition) is 2. The van der Waals surface area contributed by atoms with Gasteiger partial charge in [0, 0.05) is 11.3 Å². The van der Waals surface area contributed by atoms with Gasteiger partial charge in [-0.2, -0.15) is 5.10 Å². The van der Waals surface area contributed by atoms with E-state index in [1.165, 1.54) is 10.2 Å². The summed E-state index contributed by atoms with van der Waals surface area (Å²) in [5.74, 6) is 0.311. The van der Waals surface area contributed by atoms with Crippen LogP contribution in [0.4, 0.5) is 0 Å². The zero-order valence-electron chi connectivity index (χ0n) is 11.3. The van der Waals surface area contributed by atoms with E-state index < -0.39 is 0 Å². The highest BCUT2D eigenvalue weighted by molar-refractivity contribution is 5.95. The predicted octanol–water partition coefficient (Wildman–Crippen LogP) is 3.31. The van der Waals surface area contributed by atoms with Crippen molar-refractivity contribution in [3.63, 3.8) is 0 Å². The Labute approximate surface area is 107 Å². The van der Waals surface area contributed by atoms with E-state index in [1.807, 2.05) is 44.2 Å². The molecule has 2 aromatic rings. The maximum absolute atomic E-state index is 12.4. The topological polar surface area (TPSA) is 34.9 Å². The van der Waals surface area contributed by atoms with E-state index in [-0.39, 0.29) is 5.91 Å². The molecule has 0 N–H and O–H groups in total. The molecule has 0 aliphatic rings. The third-order valence-corrected chi connectivity index (χ3v) is 3.14. The largest absolute Gasteiger partial charge is 0.278 e. The Morgan fingerprint density at radius 3 is 2.28 bits per heavy atom. The molecular formula is C15H18N2O. The molecule has 0 radical (unpaired) electrons. The summed E-state index contributed by atoms with van der Waals surface area (Å²) in [5, 5.41) is 4.37. The molecule has 3 nitrogen and oxygen atoms in total. The molecule has 0 fully saturated rings. The standard InChI is InChI=1S/C15H18N2O/c1-10(2)14-11(3)16-17(12(14)4)15(18)13-8-6-5-7-9-13/h5-10H,1-4H3. The number of carbonyl (C=O) groups is 1. The van der Waals surface area contributed by atoms with Gasteiger partial charge in [-0.3, -0.25) is 4.79 Å². The maximum Gasteiger partial charge on any atom is 0.278 e. The normalized spacial score (nSPS) is 10.9. The van der Waals surface area contributed by atoms with E-state index in [2.05, 4.69) is 18.9 Å². The summed E-state index contributed by atoms with van der Waals surface area (Å²) in [7, 11) is 0. The van der Waals surface area contributed by atoms with Gasteiger partial charge < -0.3 is 0 Å². The predicted molar refractivity (Wildman–Crippen MR) is 72.0 cm³/mol. The van der Waals surface area contributed by atoms with Gasteiger partial charge >= 0.3 is 0 Å². The average Bonchev–Trinajstić information content (AvgIpc) is 2.65. The van der Waals surface area contributed by atoms with Crippen LogP contribution in [0.1, 0.15) is 47.1 Å². The Balaban J connectivity index is 2.47. The van der Waals surface area contributed by atoms with Gasteiger partial charge in [0.2, 0.25) is 0 Å². The second-order valence-electron chi connectivity index (χ2n) is 4.82. The molecule has 0 aliphatic heterocycles. The summed E-state index contributed by atoms with van der Waals surface area (Å²) in [6.07, 6.45) is 0. The van der Waals surface area contributed by atoms with E-state index in [0.717, 1.165) is 11.4 Å². The summed E-state index contributed by atoms with van der Waals surface area (Å²) in [6, 6.07) is 9.25. The quantitative estimate of drug-likeness (QED) is 0.809. The molecule has 2 rings (SSSR count). The summed E-state index contributed by atoms with van der Waals surface area (Å²) in [4.78, 5) is 12.4. The molecule has 0 atom stereocenters. The van der Waals surface area contributed by atoms with Gasteiger partial charge in [0.05, 0.1) is 5.69 Å². The molecule has 0 saturated heterocycles. The van der Waals surface area contributed by atoms with Crippen LogP contribution in [0.2, 0.25) is 0 Å². The Hall–Kier alpha value is -1.90. The molecule has 0 amide bonds. The lowest BCUT2D eigenvalue weighted by atomic mass is 10.0. The van der Waals surface area contributed by atoms with Crippen LogP contribution in [0.15, 0.2) is 30.3 Å². The second kappa shape index (κ2) is 4.77. The molecule has 0 unspecified atom stereocenters. The minimum absolute atomic E-state index is 0.0666. The Morgan fingerprint density at radius 1 is 1.17 bits per heavy atom. The summed E-state index contributed by atoms with van der Waals surface area (Å²) in [5.41, 5.74) is 3.71. The highest BCUT2D eigenvalue weighted by atomic mass is 16.2. The van der Waals surface area contributed by atoms with Crippen molar-refractivity contribution in [2.24, 2.45) is 0 Å². The van der Waals surface area contributed by atoms with Crippen molar-refractivity contribution >= 4 is 5.91 Å². The van der Waals surface area contributed by atoms with Gasteiger partial charge in [0.1, 0.15) is 0 Å². The number of carbonyl (C=O) groups excluding carboxylic acids is 1. The second-order valence-corrected chi connectivity index (χ2v) is 4.82. The smallest absolute Gasteiger partial charge is 0.267 e. The lowest BCUT2D eigenvalue weighted by Gasteiger charge is -2.06. The monoisotopic (exact) mass is 242 g/mol. The van der Waals surface area contributed by atoms with Gasteiger partial charge in [-0.1, -0.05) is 32.0 Å². The summed E-state index contributed by atoms with van der Waals surface area (Å²) >= 11 is 0. The minimum atomic E-state index is -0.0666. The van der Waals surface area contributed by atoms with Crippen molar-refractivity contribution < 1.29 is 4.79 Å². The van der Waals surface area contributed by atoms with Crippen molar-refractivity contribution in [3.05, 3.63) is 52.8 Å².